The third-order valence-electron chi connectivity index (χ3n) is 5.48. The van der Waals surface area contributed by atoms with E-state index >= 15 is 0 Å². The number of piperazine rings is 1. The molecule has 0 radical (unpaired) electrons. The van der Waals surface area contributed by atoms with Crippen LogP contribution >= 0.6 is 0 Å². The summed E-state index contributed by atoms with van der Waals surface area (Å²) in [6.45, 7) is 6.70. The smallest absolute Gasteiger partial charge is 0.279 e. The molecule has 3 rings (SSSR count). The van der Waals surface area contributed by atoms with Gasteiger partial charge >= 0.3 is 0 Å². The molecule has 0 bridgehead atoms. The second-order valence-corrected chi connectivity index (χ2v) is 7.72. The van der Waals surface area contributed by atoms with Crippen LogP contribution < -0.4 is 10.2 Å². The maximum Gasteiger partial charge on any atom is 0.279 e. The molecule has 0 atom stereocenters. The summed E-state index contributed by atoms with van der Waals surface area (Å²) in [4.78, 5) is 38.4. The number of aryl methyl sites for hydroxylation is 2. The Labute approximate surface area is 181 Å². The van der Waals surface area contributed by atoms with E-state index in [4.69, 9.17) is 0 Å². The number of rotatable bonds is 6. The standard InChI is InChI=1S/C23H26N4O4/c1-17-6-5-7-18(2)23(17)24-21(28)16-25-12-14-26(15-13-25)22(29)11-10-19-8-3-4-9-20(19)27(30)31/h3-11H,12-16H2,1-2H3,(H,24,28)/p+1/b11-10+. The molecule has 0 spiro atoms. The van der Waals surface area contributed by atoms with Gasteiger partial charge in [-0.15, -0.1) is 0 Å². The summed E-state index contributed by atoms with van der Waals surface area (Å²) in [6, 6.07) is 12.2. The molecule has 2 N–H and O–H groups in total. The second-order valence-electron chi connectivity index (χ2n) is 7.72. The molecule has 8 heteroatoms. The lowest BCUT2D eigenvalue weighted by atomic mass is 10.1. The lowest BCUT2D eigenvalue weighted by molar-refractivity contribution is -0.895. The van der Waals surface area contributed by atoms with Gasteiger partial charge in [0.25, 0.3) is 11.6 Å². The number of anilines is 1. The number of carbonyl (C=O) groups excluding carboxylic acids is 2. The number of carbonyl (C=O) groups is 2. The molecule has 31 heavy (non-hydrogen) atoms. The molecule has 162 valence electrons. The third kappa shape index (κ3) is 5.76. The monoisotopic (exact) mass is 423 g/mol. The lowest BCUT2D eigenvalue weighted by Gasteiger charge is -2.31. The van der Waals surface area contributed by atoms with Gasteiger partial charge in [-0.05, 0) is 37.1 Å². The summed E-state index contributed by atoms with van der Waals surface area (Å²) >= 11 is 0. The number of nitrogens with zero attached hydrogens (tertiary/aromatic N) is 2. The Balaban J connectivity index is 1.51. The number of nitro benzene ring substituents is 1. The van der Waals surface area contributed by atoms with Crippen molar-refractivity contribution in [3.05, 3.63) is 75.3 Å². The van der Waals surface area contributed by atoms with E-state index in [9.17, 15) is 19.7 Å². The SMILES string of the molecule is Cc1cccc(C)c1NC(=O)C[NH+]1CCN(C(=O)/C=C/c2ccccc2[N+](=O)[O-])CC1. The molecule has 2 amide bonds. The van der Waals surface area contributed by atoms with Gasteiger partial charge in [0, 0.05) is 17.8 Å². The van der Waals surface area contributed by atoms with Crippen LogP contribution in [0.5, 0.6) is 0 Å². The fourth-order valence-electron chi connectivity index (χ4n) is 3.70. The quantitative estimate of drug-likeness (QED) is 0.419. The Morgan fingerprint density at radius 1 is 1.10 bits per heavy atom. The van der Waals surface area contributed by atoms with Gasteiger partial charge in [0.05, 0.1) is 36.7 Å². The Kier molecular flexibility index (Phi) is 7.15. The number of nitrogens with one attached hydrogen (secondary N) is 2. The number of para-hydroxylation sites is 2. The number of quaternary nitrogens is 1. The molecule has 1 saturated heterocycles. The van der Waals surface area contributed by atoms with Gasteiger partial charge in [0.1, 0.15) is 0 Å². The van der Waals surface area contributed by atoms with Gasteiger partial charge in [-0.3, -0.25) is 19.7 Å². The molecule has 2 aromatic rings. The Morgan fingerprint density at radius 2 is 1.74 bits per heavy atom. The number of hydrogen-bond donors (Lipinski definition) is 2. The molecule has 8 nitrogen and oxygen atoms in total. The molecule has 0 unspecified atom stereocenters. The van der Waals surface area contributed by atoms with E-state index in [-0.39, 0.29) is 17.5 Å². The summed E-state index contributed by atoms with van der Waals surface area (Å²) < 4.78 is 0. The first-order chi connectivity index (χ1) is 14.8. The first-order valence-corrected chi connectivity index (χ1v) is 10.2. The van der Waals surface area contributed by atoms with Crippen LogP contribution in [0.25, 0.3) is 6.08 Å². The normalized spacial score (nSPS) is 14.6. The summed E-state index contributed by atoms with van der Waals surface area (Å²) in [5, 5.41) is 14.1. The number of benzene rings is 2. The van der Waals surface area contributed by atoms with Gasteiger partial charge in [0.15, 0.2) is 6.54 Å². The lowest BCUT2D eigenvalue weighted by Crippen LogP contribution is -3.15. The minimum Gasteiger partial charge on any atom is -0.328 e. The molecule has 1 aliphatic heterocycles. The fourth-order valence-corrected chi connectivity index (χ4v) is 3.70. The highest BCUT2D eigenvalue weighted by atomic mass is 16.6. The van der Waals surface area contributed by atoms with Crippen molar-refractivity contribution in [1.82, 2.24) is 4.90 Å². The summed E-state index contributed by atoms with van der Waals surface area (Å²) in [7, 11) is 0. The predicted octanol–water partition coefficient (Wildman–Crippen LogP) is 1.59. The fraction of sp³-hybridized carbons (Fsp3) is 0.304. The average molecular weight is 423 g/mol. The highest BCUT2D eigenvalue weighted by molar-refractivity contribution is 5.93. The zero-order valence-electron chi connectivity index (χ0n) is 17.8. The molecule has 0 aromatic heterocycles. The van der Waals surface area contributed by atoms with Gasteiger partial charge < -0.3 is 15.1 Å². The molecule has 2 aromatic carbocycles. The zero-order chi connectivity index (χ0) is 22.4. The van der Waals surface area contributed by atoms with E-state index in [0.717, 1.165) is 21.7 Å². The van der Waals surface area contributed by atoms with Crippen LogP contribution in [0.15, 0.2) is 48.5 Å². The Hall–Kier alpha value is -3.52. The van der Waals surface area contributed by atoms with E-state index in [1.807, 2.05) is 32.0 Å². The predicted molar refractivity (Wildman–Crippen MR) is 119 cm³/mol. The summed E-state index contributed by atoms with van der Waals surface area (Å²) in [6.07, 6.45) is 2.86. The van der Waals surface area contributed by atoms with E-state index < -0.39 is 4.92 Å². The highest BCUT2D eigenvalue weighted by Gasteiger charge is 2.24. The minimum atomic E-state index is -0.463. The Morgan fingerprint density at radius 3 is 2.39 bits per heavy atom. The van der Waals surface area contributed by atoms with Gasteiger partial charge in [-0.1, -0.05) is 30.3 Å². The first kappa shape index (κ1) is 22.2. The maximum atomic E-state index is 12.5. The van der Waals surface area contributed by atoms with E-state index in [0.29, 0.717) is 38.3 Å². The van der Waals surface area contributed by atoms with Crippen LogP contribution in [0.4, 0.5) is 11.4 Å². The van der Waals surface area contributed by atoms with Crippen molar-refractivity contribution < 1.29 is 19.4 Å². The summed E-state index contributed by atoms with van der Waals surface area (Å²) in [5.74, 6) is -0.222. The van der Waals surface area contributed by atoms with Gasteiger partial charge in [0.2, 0.25) is 5.91 Å². The van der Waals surface area contributed by atoms with Crippen LogP contribution in [0.1, 0.15) is 16.7 Å². The molecule has 0 saturated carbocycles. The topological polar surface area (TPSA) is 97.0 Å². The molecular formula is C23H27N4O4+. The van der Waals surface area contributed by atoms with E-state index in [1.54, 1.807) is 23.1 Å². The summed E-state index contributed by atoms with van der Waals surface area (Å²) in [5.41, 5.74) is 3.29. The molecular weight excluding hydrogens is 396 g/mol. The van der Waals surface area contributed by atoms with Crippen molar-refractivity contribution in [2.75, 3.05) is 38.0 Å². The molecule has 1 fully saturated rings. The van der Waals surface area contributed by atoms with E-state index in [1.165, 1.54) is 18.2 Å². The number of nitro groups is 1. The Bertz CT molecular complexity index is 990. The maximum absolute atomic E-state index is 12.5. The average Bonchev–Trinajstić information content (AvgIpc) is 2.75. The van der Waals surface area contributed by atoms with Crippen LogP contribution in [0.3, 0.4) is 0 Å². The van der Waals surface area contributed by atoms with Crippen molar-refractivity contribution >= 4 is 29.3 Å². The van der Waals surface area contributed by atoms with Crippen molar-refractivity contribution in [2.45, 2.75) is 13.8 Å². The van der Waals surface area contributed by atoms with Crippen molar-refractivity contribution in [1.29, 1.82) is 0 Å². The third-order valence-corrected chi connectivity index (χ3v) is 5.48. The van der Waals surface area contributed by atoms with Gasteiger partial charge in [-0.25, -0.2) is 0 Å². The zero-order valence-corrected chi connectivity index (χ0v) is 17.8. The molecule has 0 aliphatic carbocycles. The number of amides is 2. The van der Waals surface area contributed by atoms with Crippen molar-refractivity contribution in [3.8, 4) is 0 Å². The largest absolute Gasteiger partial charge is 0.328 e. The van der Waals surface area contributed by atoms with Crippen LogP contribution in [0.2, 0.25) is 0 Å². The van der Waals surface area contributed by atoms with E-state index in [2.05, 4.69) is 5.32 Å². The second kappa shape index (κ2) is 9.99. The highest BCUT2D eigenvalue weighted by Crippen LogP contribution is 2.20. The van der Waals surface area contributed by atoms with Gasteiger partial charge in [-0.2, -0.15) is 0 Å². The van der Waals surface area contributed by atoms with Crippen molar-refractivity contribution in [3.63, 3.8) is 0 Å². The number of hydrogen-bond acceptors (Lipinski definition) is 4. The van der Waals surface area contributed by atoms with Crippen LogP contribution in [-0.4, -0.2) is 54.4 Å². The van der Waals surface area contributed by atoms with Crippen molar-refractivity contribution in [2.24, 2.45) is 0 Å². The molecule has 1 aliphatic rings. The van der Waals surface area contributed by atoms with Crippen LogP contribution in [-0.2, 0) is 9.59 Å². The first-order valence-electron chi connectivity index (χ1n) is 10.2. The van der Waals surface area contributed by atoms with Crippen LogP contribution in [0, 0.1) is 24.0 Å². The molecule has 1 heterocycles. The minimum absolute atomic E-state index is 0.0317.